The van der Waals surface area contributed by atoms with E-state index in [-0.39, 0.29) is 16.4 Å². The number of thiocarbonyl (C=S) groups is 1. The average Bonchev–Trinajstić information content (AvgIpc) is 3.16. The van der Waals surface area contributed by atoms with Crippen LogP contribution < -0.4 is 10.2 Å². The summed E-state index contributed by atoms with van der Waals surface area (Å²) < 4.78 is 16.5. The van der Waals surface area contributed by atoms with E-state index < -0.39 is 17.6 Å². The van der Waals surface area contributed by atoms with Gasteiger partial charge >= 0.3 is 0 Å². The average molecular weight is 490 g/mol. The number of hydrogen-bond acceptors (Lipinski definition) is 3. The number of nitrogens with one attached hydrogen (secondary N) is 1. The van der Waals surface area contributed by atoms with Crippen LogP contribution in [0.5, 0.6) is 0 Å². The normalized spacial score (nSPS) is 15.3. The molecule has 0 spiro atoms. The summed E-state index contributed by atoms with van der Waals surface area (Å²) in [6.07, 6.45) is 3.40. The number of para-hydroxylation sites is 2. The lowest BCUT2D eigenvalue weighted by molar-refractivity contribution is -0.122. The lowest BCUT2D eigenvalue weighted by Gasteiger charge is -2.29. The van der Waals surface area contributed by atoms with Gasteiger partial charge in [0.05, 0.1) is 5.69 Å². The predicted molar refractivity (Wildman–Crippen MR) is 135 cm³/mol. The van der Waals surface area contributed by atoms with E-state index in [0.717, 1.165) is 21.4 Å². The highest BCUT2D eigenvalue weighted by atomic mass is 35.5. The zero-order chi connectivity index (χ0) is 23.8. The van der Waals surface area contributed by atoms with Crippen molar-refractivity contribution in [3.8, 4) is 0 Å². The summed E-state index contributed by atoms with van der Waals surface area (Å²) in [5.74, 6) is -1.93. The largest absolute Gasteiger partial charge is 0.342 e. The fourth-order valence-corrected chi connectivity index (χ4v) is 4.37. The second-order valence-electron chi connectivity index (χ2n) is 7.77. The van der Waals surface area contributed by atoms with E-state index in [1.54, 1.807) is 6.07 Å². The fraction of sp³-hybridized carbons (Fsp3) is 0.0385. The molecule has 168 valence electrons. The van der Waals surface area contributed by atoms with Crippen molar-refractivity contribution < 1.29 is 14.0 Å². The van der Waals surface area contributed by atoms with Gasteiger partial charge in [0, 0.05) is 34.2 Å². The summed E-state index contributed by atoms with van der Waals surface area (Å²) in [4.78, 5) is 27.0. The number of aromatic nitrogens is 1. The summed E-state index contributed by atoms with van der Waals surface area (Å²) in [7, 11) is 0. The van der Waals surface area contributed by atoms with E-state index in [1.807, 2.05) is 59.3 Å². The topological polar surface area (TPSA) is 54.3 Å². The second kappa shape index (κ2) is 8.85. The third-order valence-electron chi connectivity index (χ3n) is 5.58. The van der Waals surface area contributed by atoms with E-state index in [0.29, 0.717) is 17.1 Å². The molecule has 1 N–H and O–H groups in total. The van der Waals surface area contributed by atoms with Crippen molar-refractivity contribution in [3.63, 3.8) is 0 Å². The predicted octanol–water partition coefficient (Wildman–Crippen LogP) is 5.31. The summed E-state index contributed by atoms with van der Waals surface area (Å²) >= 11 is 11.2. The molecule has 1 saturated heterocycles. The highest BCUT2D eigenvalue weighted by Gasteiger charge is 2.35. The maximum atomic E-state index is 14.4. The highest BCUT2D eigenvalue weighted by Crippen LogP contribution is 2.28. The van der Waals surface area contributed by atoms with E-state index in [2.05, 4.69) is 5.32 Å². The molecule has 3 aromatic carbocycles. The first kappa shape index (κ1) is 22.0. The Morgan fingerprint density at radius 3 is 2.44 bits per heavy atom. The molecule has 0 aliphatic carbocycles. The molecule has 5 rings (SSSR count). The molecule has 8 heteroatoms. The first-order chi connectivity index (χ1) is 16.4. The zero-order valence-electron chi connectivity index (χ0n) is 17.7. The van der Waals surface area contributed by atoms with Crippen LogP contribution in [-0.4, -0.2) is 21.5 Å². The molecular weight excluding hydrogens is 473 g/mol. The molecule has 0 atom stereocenters. The quantitative estimate of drug-likeness (QED) is 0.240. The lowest BCUT2D eigenvalue weighted by Crippen LogP contribution is -2.54. The van der Waals surface area contributed by atoms with E-state index in [4.69, 9.17) is 23.8 Å². The van der Waals surface area contributed by atoms with Crippen molar-refractivity contribution in [2.75, 3.05) is 4.90 Å². The first-order valence-corrected chi connectivity index (χ1v) is 11.2. The summed E-state index contributed by atoms with van der Waals surface area (Å²) in [5, 5.41) is 3.86. The van der Waals surface area contributed by atoms with Gasteiger partial charge in [-0.15, -0.1) is 0 Å². The summed E-state index contributed by atoms with van der Waals surface area (Å²) in [6, 6.07) is 21.0. The number of rotatable bonds is 4. The molecule has 0 radical (unpaired) electrons. The Bertz CT molecular complexity index is 1490. The van der Waals surface area contributed by atoms with Crippen LogP contribution in [-0.2, 0) is 16.1 Å². The third kappa shape index (κ3) is 4.00. The van der Waals surface area contributed by atoms with Crippen molar-refractivity contribution in [3.05, 3.63) is 107 Å². The van der Waals surface area contributed by atoms with Gasteiger partial charge in [-0.2, -0.15) is 0 Å². The number of benzene rings is 3. The Balaban J connectivity index is 1.57. The van der Waals surface area contributed by atoms with E-state index in [9.17, 15) is 14.0 Å². The molecule has 5 nitrogen and oxygen atoms in total. The SMILES string of the molecule is O=C1NC(=S)N(c2ccccc2F)C(=O)/C1=C\c1cn(Cc2ccc(Cl)cc2)c2ccccc12. The van der Waals surface area contributed by atoms with Crippen molar-refractivity contribution in [2.45, 2.75) is 6.54 Å². The minimum Gasteiger partial charge on any atom is -0.342 e. The smallest absolute Gasteiger partial charge is 0.270 e. The monoisotopic (exact) mass is 489 g/mol. The Morgan fingerprint density at radius 2 is 1.68 bits per heavy atom. The van der Waals surface area contributed by atoms with Gasteiger partial charge in [-0.3, -0.25) is 14.9 Å². The van der Waals surface area contributed by atoms with Gasteiger partial charge < -0.3 is 4.57 Å². The fourth-order valence-electron chi connectivity index (χ4n) is 3.97. The molecule has 2 amide bonds. The minimum absolute atomic E-state index is 0.0198. The minimum atomic E-state index is -0.687. The van der Waals surface area contributed by atoms with E-state index in [1.165, 1.54) is 24.3 Å². The van der Waals surface area contributed by atoms with Crippen LogP contribution in [0.25, 0.3) is 17.0 Å². The van der Waals surface area contributed by atoms with Crippen LogP contribution in [0.15, 0.2) is 84.6 Å². The molecule has 0 saturated carbocycles. The number of nitrogens with zero attached hydrogens (tertiary/aromatic N) is 2. The van der Waals surface area contributed by atoms with Crippen molar-refractivity contribution >= 4 is 63.4 Å². The number of hydrogen-bond donors (Lipinski definition) is 1. The van der Waals surface area contributed by atoms with Crippen LogP contribution in [0.4, 0.5) is 10.1 Å². The number of fused-ring (bicyclic) bond motifs is 1. The van der Waals surface area contributed by atoms with Crippen molar-refractivity contribution in [1.29, 1.82) is 0 Å². The van der Waals surface area contributed by atoms with Gasteiger partial charge in [0.1, 0.15) is 11.4 Å². The van der Waals surface area contributed by atoms with Gasteiger partial charge in [0.15, 0.2) is 5.11 Å². The Morgan fingerprint density at radius 1 is 0.971 bits per heavy atom. The molecule has 1 aliphatic rings. The van der Waals surface area contributed by atoms with Crippen molar-refractivity contribution in [2.24, 2.45) is 0 Å². The first-order valence-electron chi connectivity index (χ1n) is 10.4. The number of carbonyl (C=O) groups is 2. The molecular formula is C26H17ClFN3O2S. The van der Waals surface area contributed by atoms with Crippen molar-refractivity contribution in [1.82, 2.24) is 9.88 Å². The van der Waals surface area contributed by atoms with E-state index >= 15 is 0 Å². The molecule has 2 heterocycles. The molecule has 4 aromatic rings. The van der Waals surface area contributed by atoms with Gasteiger partial charge in [-0.1, -0.05) is 54.1 Å². The Kier molecular flexibility index (Phi) is 5.73. The van der Waals surface area contributed by atoms with Gasteiger partial charge in [-0.25, -0.2) is 9.29 Å². The van der Waals surface area contributed by atoms with Crippen LogP contribution in [0.1, 0.15) is 11.1 Å². The van der Waals surface area contributed by atoms with Gasteiger partial charge in [0.2, 0.25) is 0 Å². The molecule has 0 unspecified atom stereocenters. The molecule has 0 bridgehead atoms. The Labute approximate surface area is 205 Å². The standard InChI is InChI=1S/C26H17ClFN3O2S/c27-18-11-9-16(10-12-18)14-30-15-17(19-5-1-3-7-22(19)30)13-20-24(32)29-26(34)31(25(20)33)23-8-4-2-6-21(23)28/h1-13,15H,14H2,(H,29,32,34)/b20-13-. The van der Waals surface area contributed by atoms with Gasteiger partial charge in [-0.05, 0) is 54.2 Å². The summed E-state index contributed by atoms with van der Waals surface area (Å²) in [6.45, 7) is 0.576. The number of amides is 2. The Hall–Kier alpha value is -3.81. The molecule has 34 heavy (non-hydrogen) atoms. The van der Waals surface area contributed by atoms with Crippen LogP contribution in [0, 0.1) is 5.82 Å². The number of carbonyl (C=O) groups excluding carboxylic acids is 2. The maximum Gasteiger partial charge on any atom is 0.270 e. The highest BCUT2D eigenvalue weighted by molar-refractivity contribution is 7.80. The molecule has 1 aromatic heterocycles. The molecule has 1 aliphatic heterocycles. The second-order valence-corrected chi connectivity index (χ2v) is 8.59. The summed E-state index contributed by atoms with van der Waals surface area (Å²) in [5.41, 5.74) is 2.52. The van der Waals surface area contributed by atoms with Crippen LogP contribution in [0.2, 0.25) is 5.02 Å². The van der Waals surface area contributed by atoms with Crippen LogP contribution >= 0.6 is 23.8 Å². The van der Waals surface area contributed by atoms with Crippen LogP contribution in [0.3, 0.4) is 0 Å². The molecule has 1 fully saturated rings. The number of halogens is 2. The maximum absolute atomic E-state index is 14.4. The zero-order valence-corrected chi connectivity index (χ0v) is 19.2. The van der Waals surface area contributed by atoms with Gasteiger partial charge in [0.25, 0.3) is 11.8 Å². The lowest BCUT2D eigenvalue weighted by atomic mass is 10.1. The third-order valence-corrected chi connectivity index (χ3v) is 6.12. The number of anilines is 1.